The van der Waals surface area contributed by atoms with E-state index in [0.717, 1.165) is 79.3 Å². The number of hydrogen-bond donors (Lipinski definition) is 1. The number of benzene rings is 1. The Kier molecular flexibility index (Phi) is 9.51. The van der Waals surface area contributed by atoms with Crippen LogP contribution in [0.4, 0.5) is 5.69 Å². The van der Waals surface area contributed by atoms with Crippen LogP contribution < -0.4 is 10.2 Å². The van der Waals surface area contributed by atoms with E-state index in [1.165, 1.54) is 0 Å². The Balaban J connectivity index is 1.68. The van der Waals surface area contributed by atoms with Crippen molar-refractivity contribution in [2.24, 2.45) is 16.8 Å². The van der Waals surface area contributed by atoms with Crippen LogP contribution in [0.3, 0.4) is 0 Å². The van der Waals surface area contributed by atoms with Crippen LogP contribution in [0.5, 0.6) is 0 Å². The van der Waals surface area contributed by atoms with Crippen LogP contribution in [-0.4, -0.2) is 73.9 Å². The molecule has 1 aromatic heterocycles. The maximum Gasteiger partial charge on any atom is 0.251 e. The second-order valence-corrected chi connectivity index (χ2v) is 11.3. The SMILES string of the molecule is CCN(c1cc(-c2ccc(CN(C)C)nc2)cc(C(=O)NCC2C(=O)N=C(C)CC2C)c1C)C1CCOCC1. The van der Waals surface area contributed by atoms with Gasteiger partial charge in [-0.2, -0.15) is 0 Å². The van der Waals surface area contributed by atoms with E-state index in [1.54, 1.807) is 0 Å². The van der Waals surface area contributed by atoms with Gasteiger partial charge in [0.1, 0.15) is 0 Å². The number of amides is 2. The fraction of sp³-hybridized carbons (Fsp3) is 0.548. The lowest BCUT2D eigenvalue weighted by atomic mass is 9.86. The number of aromatic nitrogens is 1. The minimum Gasteiger partial charge on any atom is -0.381 e. The Hall–Kier alpha value is -3.10. The van der Waals surface area contributed by atoms with E-state index in [2.05, 4.69) is 51.1 Å². The topological polar surface area (TPSA) is 87.1 Å². The highest BCUT2D eigenvalue weighted by Crippen LogP contribution is 2.34. The lowest BCUT2D eigenvalue weighted by Crippen LogP contribution is -2.40. The van der Waals surface area contributed by atoms with Crippen molar-refractivity contribution in [3.8, 4) is 11.1 Å². The van der Waals surface area contributed by atoms with Gasteiger partial charge in [-0.25, -0.2) is 4.99 Å². The molecule has 0 aliphatic carbocycles. The van der Waals surface area contributed by atoms with Crippen molar-refractivity contribution >= 4 is 23.2 Å². The first-order chi connectivity index (χ1) is 18.7. The lowest BCUT2D eigenvalue weighted by Gasteiger charge is -2.37. The van der Waals surface area contributed by atoms with Gasteiger partial charge in [-0.3, -0.25) is 14.6 Å². The number of carbonyl (C=O) groups excluding carboxylic acids is 2. The number of carbonyl (C=O) groups is 2. The van der Waals surface area contributed by atoms with Crippen LogP contribution in [0.2, 0.25) is 0 Å². The largest absolute Gasteiger partial charge is 0.381 e. The van der Waals surface area contributed by atoms with Crippen LogP contribution >= 0.6 is 0 Å². The summed E-state index contributed by atoms with van der Waals surface area (Å²) in [6, 6.07) is 8.63. The predicted molar refractivity (Wildman–Crippen MR) is 156 cm³/mol. The molecule has 0 spiro atoms. The van der Waals surface area contributed by atoms with Crippen molar-refractivity contribution in [3.05, 3.63) is 47.3 Å². The molecule has 2 unspecified atom stereocenters. The number of hydrogen-bond acceptors (Lipinski definition) is 6. The first-order valence-corrected chi connectivity index (χ1v) is 14.1. The molecule has 2 aliphatic rings. The average Bonchev–Trinajstić information content (AvgIpc) is 2.90. The summed E-state index contributed by atoms with van der Waals surface area (Å²) in [4.78, 5) is 39.6. The molecule has 1 saturated heterocycles. The maximum atomic E-state index is 13.7. The molecule has 1 aromatic carbocycles. The van der Waals surface area contributed by atoms with Crippen molar-refractivity contribution < 1.29 is 14.3 Å². The zero-order chi connectivity index (χ0) is 28.1. The second kappa shape index (κ2) is 12.8. The lowest BCUT2D eigenvalue weighted by molar-refractivity contribution is -0.123. The van der Waals surface area contributed by atoms with Gasteiger partial charge in [-0.1, -0.05) is 13.0 Å². The molecule has 0 saturated carbocycles. The summed E-state index contributed by atoms with van der Waals surface area (Å²) in [5, 5.41) is 3.07. The first kappa shape index (κ1) is 28.9. The minimum absolute atomic E-state index is 0.140. The van der Waals surface area contributed by atoms with E-state index in [4.69, 9.17) is 4.74 Å². The first-order valence-electron chi connectivity index (χ1n) is 14.1. The van der Waals surface area contributed by atoms with Gasteiger partial charge in [0.25, 0.3) is 11.8 Å². The fourth-order valence-electron chi connectivity index (χ4n) is 5.79. The van der Waals surface area contributed by atoms with Crippen molar-refractivity contribution in [3.63, 3.8) is 0 Å². The third-order valence-corrected chi connectivity index (χ3v) is 7.95. The summed E-state index contributed by atoms with van der Waals surface area (Å²) in [7, 11) is 4.05. The molecule has 2 atom stereocenters. The van der Waals surface area contributed by atoms with E-state index in [0.29, 0.717) is 11.6 Å². The molecule has 210 valence electrons. The Morgan fingerprint density at radius 2 is 1.87 bits per heavy atom. The number of nitrogens with zero attached hydrogens (tertiary/aromatic N) is 4. The van der Waals surface area contributed by atoms with Crippen LogP contribution in [0, 0.1) is 18.8 Å². The number of rotatable bonds is 9. The van der Waals surface area contributed by atoms with E-state index in [-0.39, 0.29) is 30.2 Å². The zero-order valence-electron chi connectivity index (χ0n) is 24.3. The predicted octanol–water partition coefficient (Wildman–Crippen LogP) is 4.50. The van der Waals surface area contributed by atoms with Gasteiger partial charge in [0.2, 0.25) is 0 Å². The molecular formula is C31H43N5O3. The number of nitrogens with one attached hydrogen (secondary N) is 1. The summed E-state index contributed by atoms with van der Waals surface area (Å²) in [6.45, 7) is 11.5. The van der Waals surface area contributed by atoms with Crippen molar-refractivity contribution in [1.29, 1.82) is 0 Å². The standard InChI is InChI=1S/C31H43N5O3/c1-7-36(26-10-12-39-13-11-26)29-16-24(23-8-9-25(32-17-23)19-35(5)6)15-27(22(29)4)30(37)33-18-28-20(2)14-21(3)34-31(28)38/h8-9,15-17,20,26,28H,7,10-14,18-19H2,1-6H3,(H,33,37). The third-order valence-electron chi connectivity index (χ3n) is 7.95. The fourth-order valence-corrected chi connectivity index (χ4v) is 5.79. The summed E-state index contributed by atoms with van der Waals surface area (Å²) in [5.74, 6) is -0.460. The number of aliphatic imine (C=N–C) groups is 1. The highest BCUT2D eigenvalue weighted by atomic mass is 16.5. The molecule has 1 N–H and O–H groups in total. The van der Waals surface area contributed by atoms with Crippen LogP contribution in [0.15, 0.2) is 35.5 Å². The molecule has 0 radical (unpaired) electrons. The molecule has 8 heteroatoms. The summed E-state index contributed by atoms with van der Waals surface area (Å²) < 4.78 is 5.63. The Morgan fingerprint density at radius 3 is 2.49 bits per heavy atom. The zero-order valence-corrected chi connectivity index (χ0v) is 24.3. The van der Waals surface area contributed by atoms with E-state index >= 15 is 0 Å². The minimum atomic E-state index is -0.302. The molecule has 0 bridgehead atoms. The average molecular weight is 534 g/mol. The van der Waals surface area contributed by atoms with Gasteiger partial charge in [0, 0.05) is 67.6 Å². The number of ether oxygens (including phenoxy) is 1. The van der Waals surface area contributed by atoms with Gasteiger partial charge in [-0.15, -0.1) is 0 Å². The van der Waals surface area contributed by atoms with Crippen molar-refractivity contribution in [2.75, 3.05) is 45.3 Å². The van der Waals surface area contributed by atoms with E-state index < -0.39 is 0 Å². The summed E-state index contributed by atoms with van der Waals surface area (Å²) in [6.07, 6.45) is 4.59. The molecule has 4 rings (SSSR count). The summed E-state index contributed by atoms with van der Waals surface area (Å²) in [5.41, 5.74) is 6.41. The molecule has 2 aromatic rings. The van der Waals surface area contributed by atoms with Gasteiger partial charge >= 0.3 is 0 Å². The van der Waals surface area contributed by atoms with Crippen LogP contribution in [-0.2, 0) is 16.1 Å². The Morgan fingerprint density at radius 1 is 1.13 bits per heavy atom. The number of pyridine rings is 1. The third kappa shape index (κ3) is 6.92. The van der Waals surface area contributed by atoms with Gasteiger partial charge in [0.15, 0.2) is 0 Å². The Labute approximate surface area is 232 Å². The molecule has 1 fully saturated rings. The van der Waals surface area contributed by atoms with Crippen molar-refractivity contribution in [1.82, 2.24) is 15.2 Å². The second-order valence-electron chi connectivity index (χ2n) is 11.3. The van der Waals surface area contributed by atoms with Gasteiger partial charge in [0.05, 0.1) is 11.6 Å². The number of anilines is 1. The smallest absolute Gasteiger partial charge is 0.251 e. The van der Waals surface area contributed by atoms with Crippen LogP contribution in [0.25, 0.3) is 11.1 Å². The van der Waals surface area contributed by atoms with Crippen molar-refractivity contribution in [2.45, 2.75) is 59.5 Å². The van der Waals surface area contributed by atoms with E-state index in [9.17, 15) is 9.59 Å². The van der Waals surface area contributed by atoms with Gasteiger partial charge < -0.3 is 19.9 Å². The Bertz CT molecular complexity index is 1200. The highest BCUT2D eigenvalue weighted by molar-refractivity contribution is 6.00. The normalized spacial score (nSPS) is 20.2. The molecule has 3 heterocycles. The quantitative estimate of drug-likeness (QED) is 0.511. The molecule has 2 amide bonds. The van der Waals surface area contributed by atoms with Crippen LogP contribution in [0.1, 0.15) is 61.6 Å². The summed E-state index contributed by atoms with van der Waals surface area (Å²) >= 11 is 0. The molecule has 2 aliphatic heterocycles. The molecular weight excluding hydrogens is 490 g/mol. The molecule has 8 nitrogen and oxygen atoms in total. The monoisotopic (exact) mass is 533 g/mol. The van der Waals surface area contributed by atoms with Gasteiger partial charge in [-0.05, 0) is 89.4 Å². The highest BCUT2D eigenvalue weighted by Gasteiger charge is 2.30. The maximum absolute atomic E-state index is 13.7. The van der Waals surface area contributed by atoms with E-state index in [1.807, 2.05) is 46.3 Å². The molecule has 39 heavy (non-hydrogen) atoms.